The van der Waals surface area contributed by atoms with Crippen LogP contribution in [0.4, 0.5) is 5.82 Å². The first-order chi connectivity index (χ1) is 6.75. The fourth-order valence-electron chi connectivity index (χ4n) is 1.17. The fraction of sp³-hybridized carbons (Fsp3) is 0.250. The molecule has 0 aliphatic rings. The standard InChI is InChI=1S/C8H10BrN5/c1-14-6(2-7(9)13-14)3-11-8-4-10-5-12-8/h2,4-5,11H,3H2,1H3,(H,10,12). The average molecular weight is 256 g/mol. The highest BCUT2D eigenvalue weighted by Crippen LogP contribution is 2.10. The van der Waals surface area contributed by atoms with Crippen molar-refractivity contribution in [3.63, 3.8) is 0 Å². The third-order valence-electron chi connectivity index (χ3n) is 1.91. The molecular weight excluding hydrogens is 246 g/mol. The lowest BCUT2D eigenvalue weighted by molar-refractivity contribution is 0.715. The maximum absolute atomic E-state index is 4.18. The predicted molar refractivity (Wildman–Crippen MR) is 56.8 cm³/mol. The van der Waals surface area contributed by atoms with E-state index >= 15 is 0 Å². The van der Waals surface area contributed by atoms with Gasteiger partial charge in [0.1, 0.15) is 10.4 Å². The number of halogens is 1. The normalized spacial score (nSPS) is 10.4. The van der Waals surface area contributed by atoms with Crippen molar-refractivity contribution >= 4 is 21.7 Å². The van der Waals surface area contributed by atoms with Crippen LogP contribution in [0.25, 0.3) is 0 Å². The Hall–Kier alpha value is -1.30. The molecule has 6 heteroatoms. The van der Waals surface area contributed by atoms with E-state index in [2.05, 4.69) is 36.3 Å². The summed E-state index contributed by atoms with van der Waals surface area (Å²) in [4.78, 5) is 6.88. The van der Waals surface area contributed by atoms with Crippen molar-refractivity contribution in [2.45, 2.75) is 6.54 Å². The lowest BCUT2D eigenvalue weighted by Gasteiger charge is -2.02. The molecule has 0 fully saturated rings. The van der Waals surface area contributed by atoms with Crippen LogP contribution in [0.5, 0.6) is 0 Å². The van der Waals surface area contributed by atoms with E-state index in [1.54, 1.807) is 12.5 Å². The van der Waals surface area contributed by atoms with Gasteiger partial charge in [0.25, 0.3) is 0 Å². The van der Waals surface area contributed by atoms with Crippen LogP contribution in [0, 0.1) is 0 Å². The molecule has 0 atom stereocenters. The van der Waals surface area contributed by atoms with Crippen molar-refractivity contribution in [3.8, 4) is 0 Å². The van der Waals surface area contributed by atoms with Gasteiger partial charge in [-0.15, -0.1) is 0 Å². The maximum Gasteiger partial charge on any atom is 0.128 e. The van der Waals surface area contributed by atoms with E-state index < -0.39 is 0 Å². The van der Waals surface area contributed by atoms with Crippen LogP contribution in [-0.2, 0) is 13.6 Å². The molecule has 2 aromatic rings. The van der Waals surface area contributed by atoms with E-state index in [0.717, 1.165) is 22.7 Å². The zero-order valence-corrected chi connectivity index (χ0v) is 9.24. The molecule has 0 saturated heterocycles. The van der Waals surface area contributed by atoms with Gasteiger partial charge in [-0.1, -0.05) is 0 Å². The second kappa shape index (κ2) is 3.83. The second-order valence-corrected chi connectivity index (χ2v) is 3.71. The molecule has 0 amide bonds. The predicted octanol–water partition coefficient (Wildman–Crippen LogP) is 1.52. The highest BCUT2D eigenvalue weighted by molar-refractivity contribution is 9.10. The lowest BCUT2D eigenvalue weighted by Crippen LogP contribution is -2.05. The van der Waals surface area contributed by atoms with Crippen molar-refractivity contribution in [2.75, 3.05) is 5.32 Å². The number of nitrogens with one attached hydrogen (secondary N) is 2. The van der Waals surface area contributed by atoms with Crippen LogP contribution >= 0.6 is 15.9 Å². The molecule has 2 rings (SSSR count). The molecule has 2 heterocycles. The zero-order chi connectivity index (χ0) is 9.97. The van der Waals surface area contributed by atoms with E-state index in [9.17, 15) is 0 Å². The summed E-state index contributed by atoms with van der Waals surface area (Å²) in [5.41, 5.74) is 1.10. The van der Waals surface area contributed by atoms with E-state index in [-0.39, 0.29) is 0 Å². The summed E-state index contributed by atoms with van der Waals surface area (Å²) in [6.45, 7) is 0.720. The van der Waals surface area contributed by atoms with Gasteiger partial charge in [-0.25, -0.2) is 4.98 Å². The van der Waals surface area contributed by atoms with E-state index in [1.807, 2.05) is 17.8 Å². The van der Waals surface area contributed by atoms with Gasteiger partial charge in [0.15, 0.2) is 0 Å². The Labute approximate surface area is 89.7 Å². The molecule has 2 aromatic heterocycles. The molecule has 0 aliphatic heterocycles. The Morgan fingerprint density at radius 2 is 2.50 bits per heavy atom. The van der Waals surface area contributed by atoms with Crippen molar-refractivity contribution in [3.05, 3.63) is 28.9 Å². The summed E-state index contributed by atoms with van der Waals surface area (Å²) in [5.74, 6) is 0.905. The topological polar surface area (TPSA) is 58.5 Å². The number of nitrogens with zero attached hydrogens (tertiary/aromatic N) is 3. The van der Waals surface area contributed by atoms with Crippen molar-refractivity contribution in [1.29, 1.82) is 0 Å². The first-order valence-corrected chi connectivity index (χ1v) is 4.95. The Morgan fingerprint density at radius 1 is 1.64 bits per heavy atom. The van der Waals surface area contributed by atoms with Gasteiger partial charge in [0.2, 0.25) is 0 Å². The Bertz CT molecular complexity index is 405. The summed E-state index contributed by atoms with van der Waals surface area (Å²) < 4.78 is 2.68. The van der Waals surface area contributed by atoms with Crippen LogP contribution in [0.2, 0.25) is 0 Å². The molecule has 0 bridgehead atoms. The number of hydrogen-bond acceptors (Lipinski definition) is 3. The molecule has 0 saturated carbocycles. The molecular formula is C8H10BrN5. The Morgan fingerprint density at radius 3 is 3.07 bits per heavy atom. The van der Waals surface area contributed by atoms with Crippen LogP contribution in [-0.4, -0.2) is 19.7 Å². The van der Waals surface area contributed by atoms with Crippen molar-refractivity contribution in [2.24, 2.45) is 7.05 Å². The quantitative estimate of drug-likeness (QED) is 0.875. The highest BCUT2D eigenvalue weighted by Gasteiger charge is 2.02. The van der Waals surface area contributed by atoms with Crippen molar-refractivity contribution in [1.82, 2.24) is 19.7 Å². The summed E-state index contributed by atoms with van der Waals surface area (Å²) in [6, 6.07) is 1.98. The van der Waals surface area contributed by atoms with E-state index in [4.69, 9.17) is 0 Å². The molecule has 0 spiro atoms. The summed E-state index contributed by atoms with van der Waals surface area (Å²) in [7, 11) is 1.91. The lowest BCUT2D eigenvalue weighted by atomic mass is 10.4. The summed E-state index contributed by atoms with van der Waals surface area (Å²) >= 11 is 3.32. The highest BCUT2D eigenvalue weighted by atomic mass is 79.9. The molecule has 2 N–H and O–H groups in total. The van der Waals surface area contributed by atoms with Crippen LogP contribution < -0.4 is 5.32 Å². The summed E-state index contributed by atoms with van der Waals surface area (Å²) in [5, 5.41) is 7.37. The maximum atomic E-state index is 4.18. The number of aromatic amines is 1. The van der Waals surface area contributed by atoms with Crippen molar-refractivity contribution < 1.29 is 0 Å². The number of H-pyrrole nitrogens is 1. The molecule has 0 radical (unpaired) electrons. The zero-order valence-electron chi connectivity index (χ0n) is 7.66. The Balaban J connectivity index is 2.01. The monoisotopic (exact) mass is 255 g/mol. The van der Waals surface area contributed by atoms with Gasteiger partial charge in [0, 0.05) is 7.05 Å². The van der Waals surface area contributed by atoms with Gasteiger partial charge >= 0.3 is 0 Å². The molecule has 0 unspecified atom stereocenters. The summed E-state index contributed by atoms with van der Waals surface area (Å²) in [6.07, 6.45) is 3.38. The van der Waals surface area contributed by atoms with Gasteiger partial charge < -0.3 is 10.3 Å². The number of rotatable bonds is 3. The minimum Gasteiger partial charge on any atom is -0.365 e. The molecule has 5 nitrogen and oxygen atoms in total. The molecule has 0 aromatic carbocycles. The minimum atomic E-state index is 0.720. The fourth-order valence-corrected chi connectivity index (χ4v) is 1.67. The smallest absolute Gasteiger partial charge is 0.128 e. The number of aromatic nitrogens is 4. The Kier molecular flexibility index (Phi) is 2.53. The number of anilines is 1. The van der Waals surface area contributed by atoms with Crippen LogP contribution in [0.1, 0.15) is 5.69 Å². The van der Waals surface area contributed by atoms with E-state index in [1.165, 1.54) is 0 Å². The number of aryl methyl sites for hydroxylation is 1. The van der Waals surface area contributed by atoms with Gasteiger partial charge in [-0.2, -0.15) is 5.10 Å². The SMILES string of the molecule is Cn1nc(Br)cc1CNc1cnc[nH]1. The number of imidazole rings is 1. The van der Waals surface area contributed by atoms with E-state index in [0.29, 0.717) is 0 Å². The van der Waals surface area contributed by atoms with Gasteiger partial charge in [-0.3, -0.25) is 4.68 Å². The van der Waals surface area contributed by atoms with Crippen LogP contribution in [0.15, 0.2) is 23.2 Å². The first kappa shape index (κ1) is 9.26. The van der Waals surface area contributed by atoms with Gasteiger partial charge in [0.05, 0.1) is 24.8 Å². The third kappa shape index (κ3) is 1.95. The average Bonchev–Trinajstić information content (AvgIpc) is 2.72. The first-order valence-electron chi connectivity index (χ1n) is 4.16. The number of hydrogen-bond donors (Lipinski definition) is 2. The van der Waals surface area contributed by atoms with Crippen LogP contribution in [0.3, 0.4) is 0 Å². The molecule has 14 heavy (non-hydrogen) atoms. The minimum absolute atomic E-state index is 0.720. The third-order valence-corrected chi connectivity index (χ3v) is 2.29. The largest absolute Gasteiger partial charge is 0.365 e. The second-order valence-electron chi connectivity index (χ2n) is 2.90. The molecule has 0 aliphatic carbocycles. The van der Waals surface area contributed by atoms with Gasteiger partial charge in [-0.05, 0) is 22.0 Å². The molecule has 74 valence electrons.